The molecule has 0 bridgehead atoms. The number of alkyl halides is 1. The van der Waals surface area contributed by atoms with Crippen molar-refractivity contribution in [2.75, 3.05) is 0 Å². The van der Waals surface area contributed by atoms with E-state index in [-0.39, 0.29) is 11.4 Å². The molecule has 0 radical (unpaired) electrons. The van der Waals surface area contributed by atoms with Gasteiger partial charge in [-0.1, -0.05) is 0 Å². The van der Waals surface area contributed by atoms with E-state index in [1.165, 1.54) is 11.3 Å². The minimum Gasteiger partial charge on any atom is -0.240 e. The summed E-state index contributed by atoms with van der Waals surface area (Å²) in [6.45, 7) is 0. The number of halogens is 3. The van der Waals surface area contributed by atoms with Crippen LogP contribution in [0.1, 0.15) is 5.01 Å². The number of hydrogen-bond acceptors (Lipinski definition) is 2. The fourth-order valence-electron chi connectivity index (χ4n) is 1.19. The van der Waals surface area contributed by atoms with Gasteiger partial charge in [0.25, 0.3) is 0 Å². The number of rotatable bonds is 2. The van der Waals surface area contributed by atoms with Crippen molar-refractivity contribution in [1.29, 1.82) is 0 Å². The van der Waals surface area contributed by atoms with Gasteiger partial charge in [0.1, 0.15) is 16.6 Å². The van der Waals surface area contributed by atoms with Crippen LogP contribution < -0.4 is 0 Å². The topological polar surface area (TPSA) is 12.9 Å². The number of benzene rings is 1. The Morgan fingerprint density at radius 2 is 2.13 bits per heavy atom. The largest absolute Gasteiger partial charge is 0.240 e. The summed E-state index contributed by atoms with van der Waals surface area (Å²) in [5.41, 5.74) is 0.593. The van der Waals surface area contributed by atoms with E-state index in [2.05, 4.69) is 4.98 Å². The SMILES string of the molecule is Fc1ccc(F)c(-c2csc(CCl)n2)c1. The fourth-order valence-corrected chi connectivity index (χ4v) is 2.08. The minimum absolute atomic E-state index is 0.169. The zero-order valence-electron chi connectivity index (χ0n) is 7.51. The van der Waals surface area contributed by atoms with E-state index < -0.39 is 11.6 Å². The normalized spacial score (nSPS) is 10.6. The molecular weight excluding hydrogens is 240 g/mol. The van der Waals surface area contributed by atoms with Gasteiger partial charge >= 0.3 is 0 Å². The molecule has 0 aliphatic carbocycles. The van der Waals surface area contributed by atoms with Crippen LogP contribution in [0.2, 0.25) is 0 Å². The Labute approximate surface area is 94.3 Å². The van der Waals surface area contributed by atoms with Crippen LogP contribution in [-0.4, -0.2) is 4.98 Å². The molecule has 1 aromatic heterocycles. The van der Waals surface area contributed by atoms with E-state index in [1.807, 2.05) is 0 Å². The molecule has 1 aromatic carbocycles. The van der Waals surface area contributed by atoms with Crippen molar-refractivity contribution in [2.24, 2.45) is 0 Å². The molecule has 2 aromatic rings. The molecule has 5 heteroatoms. The second-order valence-corrected chi connectivity index (χ2v) is 4.09. The van der Waals surface area contributed by atoms with Crippen LogP contribution in [0, 0.1) is 11.6 Å². The maximum atomic E-state index is 13.3. The molecule has 0 unspecified atom stereocenters. The number of nitrogens with zero attached hydrogens (tertiary/aromatic N) is 1. The van der Waals surface area contributed by atoms with Crippen molar-refractivity contribution >= 4 is 22.9 Å². The van der Waals surface area contributed by atoms with E-state index in [9.17, 15) is 8.78 Å². The van der Waals surface area contributed by atoms with Crippen LogP contribution in [0.15, 0.2) is 23.6 Å². The van der Waals surface area contributed by atoms with E-state index >= 15 is 0 Å². The van der Waals surface area contributed by atoms with E-state index in [1.54, 1.807) is 5.38 Å². The van der Waals surface area contributed by atoms with E-state index in [0.29, 0.717) is 10.7 Å². The molecule has 15 heavy (non-hydrogen) atoms. The second-order valence-electron chi connectivity index (χ2n) is 2.88. The third kappa shape index (κ3) is 2.16. The molecule has 0 saturated heterocycles. The Morgan fingerprint density at radius 1 is 1.33 bits per heavy atom. The third-order valence-corrected chi connectivity index (χ3v) is 3.13. The van der Waals surface area contributed by atoms with Crippen molar-refractivity contribution in [3.05, 3.63) is 40.2 Å². The first-order valence-electron chi connectivity index (χ1n) is 4.16. The van der Waals surface area contributed by atoms with Gasteiger partial charge in [-0.05, 0) is 18.2 Å². The first-order valence-corrected chi connectivity index (χ1v) is 5.58. The van der Waals surface area contributed by atoms with Crippen molar-refractivity contribution in [3.63, 3.8) is 0 Å². The van der Waals surface area contributed by atoms with Gasteiger partial charge in [0.15, 0.2) is 0 Å². The lowest BCUT2D eigenvalue weighted by atomic mass is 10.1. The summed E-state index contributed by atoms with van der Waals surface area (Å²) in [4.78, 5) is 4.08. The third-order valence-electron chi connectivity index (χ3n) is 1.87. The smallest absolute Gasteiger partial charge is 0.132 e. The molecule has 0 fully saturated rings. The van der Waals surface area contributed by atoms with Gasteiger partial charge in [-0.2, -0.15) is 0 Å². The van der Waals surface area contributed by atoms with Gasteiger partial charge in [0, 0.05) is 10.9 Å². The Bertz CT molecular complexity index is 484. The summed E-state index contributed by atoms with van der Waals surface area (Å²) in [5, 5.41) is 2.35. The van der Waals surface area contributed by atoms with E-state index in [4.69, 9.17) is 11.6 Å². The number of thiazole rings is 1. The van der Waals surface area contributed by atoms with Gasteiger partial charge in [0.05, 0.1) is 11.6 Å². The van der Waals surface area contributed by atoms with E-state index in [0.717, 1.165) is 18.2 Å². The quantitative estimate of drug-likeness (QED) is 0.733. The predicted octanol–water partition coefficient (Wildman–Crippen LogP) is 3.83. The summed E-state index contributed by atoms with van der Waals surface area (Å²) in [6.07, 6.45) is 0. The molecular formula is C10H6ClF2NS. The van der Waals surface area contributed by atoms with Crippen molar-refractivity contribution < 1.29 is 8.78 Å². The first-order chi connectivity index (χ1) is 7.20. The van der Waals surface area contributed by atoms with Gasteiger partial charge in [-0.15, -0.1) is 22.9 Å². The average Bonchev–Trinajstić information content (AvgIpc) is 2.70. The summed E-state index contributed by atoms with van der Waals surface area (Å²) in [6, 6.07) is 3.29. The summed E-state index contributed by atoms with van der Waals surface area (Å²) in [5.74, 6) is -0.684. The Morgan fingerprint density at radius 3 is 2.80 bits per heavy atom. The molecule has 0 N–H and O–H groups in total. The van der Waals surface area contributed by atoms with Gasteiger partial charge in [0.2, 0.25) is 0 Å². The molecule has 0 amide bonds. The van der Waals surface area contributed by atoms with Crippen LogP contribution in [0.5, 0.6) is 0 Å². The van der Waals surface area contributed by atoms with Crippen LogP contribution in [0.25, 0.3) is 11.3 Å². The molecule has 78 valence electrons. The molecule has 0 atom stereocenters. The van der Waals surface area contributed by atoms with Gasteiger partial charge in [-0.3, -0.25) is 0 Å². The van der Waals surface area contributed by atoms with Crippen LogP contribution in [0.3, 0.4) is 0 Å². The van der Waals surface area contributed by atoms with Crippen LogP contribution in [-0.2, 0) is 5.88 Å². The maximum Gasteiger partial charge on any atom is 0.132 e. The number of hydrogen-bond donors (Lipinski definition) is 0. The Balaban J connectivity index is 2.48. The zero-order chi connectivity index (χ0) is 10.8. The molecule has 0 spiro atoms. The minimum atomic E-state index is -0.483. The summed E-state index contributed by atoms with van der Waals surface area (Å²) >= 11 is 6.91. The Kier molecular flexibility index (Phi) is 2.98. The highest BCUT2D eigenvalue weighted by atomic mass is 35.5. The highest BCUT2D eigenvalue weighted by Gasteiger charge is 2.09. The standard InChI is InChI=1S/C10H6ClF2NS/c11-4-10-14-9(5-15-10)7-3-6(12)1-2-8(7)13/h1-3,5H,4H2. The molecule has 0 aliphatic heterocycles. The second kappa shape index (κ2) is 4.24. The molecule has 0 saturated carbocycles. The summed E-state index contributed by atoms with van der Waals surface area (Å²) < 4.78 is 26.2. The number of aromatic nitrogens is 1. The zero-order valence-corrected chi connectivity index (χ0v) is 9.08. The van der Waals surface area contributed by atoms with Crippen molar-refractivity contribution in [3.8, 4) is 11.3 Å². The van der Waals surface area contributed by atoms with Gasteiger partial charge in [-0.25, -0.2) is 13.8 Å². The van der Waals surface area contributed by atoms with Crippen molar-refractivity contribution in [1.82, 2.24) is 4.98 Å². The van der Waals surface area contributed by atoms with Crippen LogP contribution >= 0.6 is 22.9 Å². The monoisotopic (exact) mass is 245 g/mol. The Hall–Kier alpha value is -1.00. The highest BCUT2D eigenvalue weighted by Crippen LogP contribution is 2.25. The van der Waals surface area contributed by atoms with Crippen LogP contribution in [0.4, 0.5) is 8.78 Å². The first kappa shape index (κ1) is 10.5. The maximum absolute atomic E-state index is 13.3. The fraction of sp³-hybridized carbons (Fsp3) is 0.100. The molecule has 0 aliphatic rings. The average molecular weight is 246 g/mol. The molecule has 2 rings (SSSR count). The highest BCUT2D eigenvalue weighted by molar-refractivity contribution is 7.10. The van der Waals surface area contributed by atoms with Crippen molar-refractivity contribution in [2.45, 2.75) is 5.88 Å². The van der Waals surface area contributed by atoms with Gasteiger partial charge < -0.3 is 0 Å². The lowest BCUT2D eigenvalue weighted by Crippen LogP contribution is -1.87. The predicted molar refractivity (Wildman–Crippen MR) is 57.0 cm³/mol. The lowest BCUT2D eigenvalue weighted by Gasteiger charge is -1.98. The molecule has 1 heterocycles. The molecule has 1 nitrogen and oxygen atoms in total. The summed E-state index contributed by atoms with van der Waals surface area (Å²) in [7, 11) is 0. The lowest BCUT2D eigenvalue weighted by molar-refractivity contribution is 0.602.